The van der Waals surface area contributed by atoms with E-state index in [0.29, 0.717) is 19.4 Å². The Kier molecular flexibility index (Phi) is 4.33. The van der Waals surface area contributed by atoms with Crippen molar-refractivity contribution in [3.8, 4) is 5.75 Å². The maximum atomic E-state index is 11.5. The van der Waals surface area contributed by atoms with Gasteiger partial charge in [0, 0.05) is 6.42 Å². The third-order valence-corrected chi connectivity index (χ3v) is 4.03. The van der Waals surface area contributed by atoms with Crippen molar-refractivity contribution in [2.24, 2.45) is 0 Å². The summed E-state index contributed by atoms with van der Waals surface area (Å²) in [6.07, 6.45) is 1.87. The van der Waals surface area contributed by atoms with Gasteiger partial charge in [-0.1, -0.05) is 19.1 Å². The van der Waals surface area contributed by atoms with Gasteiger partial charge in [-0.2, -0.15) is 0 Å². The molecule has 4 nitrogen and oxygen atoms in total. The molecule has 0 saturated heterocycles. The second-order valence-corrected chi connectivity index (χ2v) is 5.67. The molecule has 1 fully saturated rings. The summed E-state index contributed by atoms with van der Waals surface area (Å²) in [4.78, 5) is 11.5. The molecule has 1 aliphatic rings. The van der Waals surface area contributed by atoms with Gasteiger partial charge in [-0.15, -0.1) is 0 Å². The van der Waals surface area contributed by atoms with Crippen molar-refractivity contribution in [3.63, 3.8) is 0 Å². The molecule has 1 saturated carbocycles. The summed E-state index contributed by atoms with van der Waals surface area (Å²) in [5, 5.41) is 12.6. The fraction of sp³-hybridized carbons (Fsp3) is 0.562. The van der Waals surface area contributed by atoms with Gasteiger partial charge in [0.25, 0.3) is 0 Å². The molecule has 1 aliphatic carbocycles. The molecule has 0 amide bonds. The molecule has 0 spiro atoms. The maximum Gasteiger partial charge on any atom is 0.324 e. The van der Waals surface area contributed by atoms with Crippen LogP contribution in [0.15, 0.2) is 18.2 Å². The first kappa shape index (κ1) is 14.9. The molecule has 110 valence electrons. The summed E-state index contributed by atoms with van der Waals surface area (Å²) in [5.74, 6) is 0.0964. The van der Waals surface area contributed by atoms with Crippen LogP contribution < -0.4 is 10.1 Å². The van der Waals surface area contributed by atoms with Crippen molar-refractivity contribution in [1.29, 1.82) is 0 Å². The standard InChI is InChI=1S/C16H23NO3/c1-4-17-16(15(18)19)8-7-13(10-16)20-14-9-11(2)5-6-12(14)3/h5-6,9,13,17H,4,7-8,10H2,1-3H3,(H,18,19). The van der Waals surface area contributed by atoms with E-state index in [-0.39, 0.29) is 6.10 Å². The summed E-state index contributed by atoms with van der Waals surface area (Å²) < 4.78 is 6.04. The fourth-order valence-corrected chi connectivity index (χ4v) is 2.88. The fourth-order valence-electron chi connectivity index (χ4n) is 2.88. The summed E-state index contributed by atoms with van der Waals surface area (Å²) in [7, 11) is 0. The van der Waals surface area contributed by atoms with Crippen LogP contribution >= 0.6 is 0 Å². The smallest absolute Gasteiger partial charge is 0.324 e. The van der Waals surface area contributed by atoms with Gasteiger partial charge in [-0.3, -0.25) is 4.79 Å². The number of aryl methyl sites for hydroxylation is 2. The van der Waals surface area contributed by atoms with E-state index < -0.39 is 11.5 Å². The Bertz CT molecular complexity index is 500. The lowest BCUT2D eigenvalue weighted by Crippen LogP contribution is -2.50. The molecule has 2 unspecified atom stereocenters. The molecule has 2 rings (SSSR count). The zero-order valence-corrected chi connectivity index (χ0v) is 12.4. The average molecular weight is 277 g/mol. The normalized spacial score (nSPS) is 25.6. The van der Waals surface area contributed by atoms with E-state index >= 15 is 0 Å². The number of aliphatic carboxylic acids is 1. The number of carboxylic acid groups (broad SMARTS) is 1. The third-order valence-electron chi connectivity index (χ3n) is 4.03. The summed E-state index contributed by atoms with van der Waals surface area (Å²) in [6, 6.07) is 6.11. The van der Waals surface area contributed by atoms with Gasteiger partial charge in [-0.05, 0) is 50.4 Å². The summed E-state index contributed by atoms with van der Waals surface area (Å²) in [5.41, 5.74) is 1.42. The van der Waals surface area contributed by atoms with E-state index in [9.17, 15) is 9.90 Å². The largest absolute Gasteiger partial charge is 0.490 e. The van der Waals surface area contributed by atoms with Crippen LogP contribution in [0.1, 0.15) is 37.3 Å². The summed E-state index contributed by atoms with van der Waals surface area (Å²) in [6.45, 7) is 6.63. The van der Waals surface area contributed by atoms with Gasteiger partial charge in [-0.25, -0.2) is 0 Å². The molecule has 0 radical (unpaired) electrons. The van der Waals surface area contributed by atoms with Crippen LogP contribution in [0.3, 0.4) is 0 Å². The van der Waals surface area contributed by atoms with Gasteiger partial charge < -0.3 is 15.2 Å². The quantitative estimate of drug-likeness (QED) is 0.868. The number of carboxylic acids is 1. The van der Waals surface area contributed by atoms with Gasteiger partial charge in [0.05, 0.1) is 0 Å². The van der Waals surface area contributed by atoms with Crippen LogP contribution in [-0.4, -0.2) is 29.3 Å². The molecule has 1 aromatic carbocycles. The summed E-state index contributed by atoms with van der Waals surface area (Å²) >= 11 is 0. The Morgan fingerprint density at radius 3 is 2.90 bits per heavy atom. The molecular weight excluding hydrogens is 254 g/mol. The Morgan fingerprint density at radius 2 is 2.25 bits per heavy atom. The van der Waals surface area contributed by atoms with Crippen molar-refractivity contribution in [1.82, 2.24) is 5.32 Å². The molecule has 0 heterocycles. The number of hydrogen-bond donors (Lipinski definition) is 2. The Labute approximate surface area is 120 Å². The second-order valence-electron chi connectivity index (χ2n) is 5.67. The second kappa shape index (κ2) is 5.83. The highest BCUT2D eigenvalue weighted by Gasteiger charge is 2.45. The third kappa shape index (κ3) is 2.96. The Morgan fingerprint density at radius 1 is 1.50 bits per heavy atom. The number of benzene rings is 1. The number of nitrogens with one attached hydrogen (secondary N) is 1. The molecule has 0 aromatic heterocycles. The Balaban J connectivity index is 2.09. The lowest BCUT2D eigenvalue weighted by molar-refractivity contribution is -0.144. The predicted molar refractivity (Wildman–Crippen MR) is 78.2 cm³/mol. The van der Waals surface area contributed by atoms with Crippen LogP contribution in [0.5, 0.6) is 5.75 Å². The first-order valence-corrected chi connectivity index (χ1v) is 7.19. The average Bonchev–Trinajstić information content (AvgIpc) is 2.79. The molecule has 1 aromatic rings. The highest BCUT2D eigenvalue weighted by Crippen LogP contribution is 2.34. The molecule has 0 aliphatic heterocycles. The van der Waals surface area contributed by atoms with Crippen molar-refractivity contribution in [2.75, 3.05) is 6.54 Å². The first-order chi connectivity index (χ1) is 9.47. The van der Waals surface area contributed by atoms with E-state index in [4.69, 9.17) is 4.74 Å². The van der Waals surface area contributed by atoms with Crippen molar-refractivity contribution in [2.45, 2.75) is 51.7 Å². The highest BCUT2D eigenvalue weighted by molar-refractivity contribution is 5.79. The molecule has 20 heavy (non-hydrogen) atoms. The number of likely N-dealkylation sites (N-methyl/N-ethyl adjacent to an activating group) is 1. The zero-order valence-electron chi connectivity index (χ0n) is 12.4. The van der Waals surface area contributed by atoms with E-state index in [2.05, 4.69) is 11.4 Å². The number of carbonyl (C=O) groups is 1. The van der Waals surface area contributed by atoms with Gasteiger partial charge in [0.2, 0.25) is 0 Å². The molecule has 2 atom stereocenters. The van der Waals surface area contributed by atoms with Crippen LogP contribution in [0.2, 0.25) is 0 Å². The lowest BCUT2D eigenvalue weighted by atomic mass is 9.98. The first-order valence-electron chi connectivity index (χ1n) is 7.19. The predicted octanol–water partition coefficient (Wildman–Crippen LogP) is 2.67. The highest BCUT2D eigenvalue weighted by atomic mass is 16.5. The maximum absolute atomic E-state index is 11.5. The van der Waals surface area contributed by atoms with Crippen LogP contribution in [0.25, 0.3) is 0 Å². The minimum absolute atomic E-state index is 0.0364. The monoisotopic (exact) mass is 277 g/mol. The van der Waals surface area contributed by atoms with E-state index in [1.807, 2.05) is 32.9 Å². The molecule has 0 bridgehead atoms. The zero-order chi connectivity index (χ0) is 14.8. The Hall–Kier alpha value is -1.55. The van der Waals surface area contributed by atoms with Gasteiger partial charge in [0.15, 0.2) is 0 Å². The lowest BCUT2D eigenvalue weighted by Gasteiger charge is -2.25. The van der Waals surface area contributed by atoms with Gasteiger partial charge >= 0.3 is 5.97 Å². The van der Waals surface area contributed by atoms with E-state index in [1.54, 1.807) is 0 Å². The molecule has 4 heteroatoms. The van der Waals surface area contributed by atoms with Crippen LogP contribution in [-0.2, 0) is 4.79 Å². The minimum atomic E-state index is -0.822. The van der Waals surface area contributed by atoms with Crippen LogP contribution in [0.4, 0.5) is 0 Å². The number of rotatable bonds is 5. The number of ether oxygens (including phenoxy) is 1. The van der Waals surface area contributed by atoms with E-state index in [1.165, 1.54) is 0 Å². The van der Waals surface area contributed by atoms with Gasteiger partial charge in [0.1, 0.15) is 17.4 Å². The van der Waals surface area contributed by atoms with E-state index in [0.717, 1.165) is 23.3 Å². The van der Waals surface area contributed by atoms with Crippen molar-refractivity contribution in [3.05, 3.63) is 29.3 Å². The SMILES string of the molecule is CCNC1(C(=O)O)CCC(Oc2cc(C)ccc2C)C1. The topological polar surface area (TPSA) is 58.6 Å². The molecule has 2 N–H and O–H groups in total. The molecular formula is C16H23NO3. The number of hydrogen-bond acceptors (Lipinski definition) is 3. The minimum Gasteiger partial charge on any atom is -0.490 e. The van der Waals surface area contributed by atoms with Crippen LogP contribution in [0, 0.1) is 13.8 Å². The van der Waals surface area contributed by atoms with Crippen molar-refractivity contribution < 1.29 is 14.6 Å². The van der Waals surface area contributed by atoms with Crippen molar-refractivity contribution >= 4 is 5.97 Å².